The van der Waals surface area contributed by atoms with Gasteiger partial charge in [-0.05, 0) is 24.6 Å². The van der Waals surface area contributed by atoms with Crippen LogP contribution in [-0.4, -0.2) is 43.2 Å². The van der Waals surface area contributed by atoms with Crippen molar-refractivity contribution in [1.82, 2.24) is 0 Å². The maximum Gasteiger partial charge on any atom is 0.465 e. The van der Waals surface area contributed by atoms with Crippen molar-refractivity contribution < 1.29 is 67.7 Å². The van der Waals surface area contributed by atoms with Crippen LogP contribution in [-0.2, 0) is 14.3 Å². The minimum atomic E-state index is -6.26. The van der Waals surface area contributed by atoms with E-state index in [1.807, 2.05) is 0 Å². The van der Waals surface area contributed by atoms with E-state index in [1.165, 1.54) is 0 Å². The number of hydrogen-bond donors (Lipinski definition) is 0. The Labute approximate surface area is 160 Å². The van der Waals surface area contributed by atoms with Crippen molar-refractivity contribution in [2.45, 2.75) is 37.2 Å². The van der Waals surface area contributed by atoms with Crippen LogP contribution in [0.2, 0.25) is 0 Å². The number of carbonyl (C=O) groups is 2. The fourth-order valence-corrected chi connectivity index (χ4v) is 1.72. The molecule has 1 aromatic carbocycles. The molecule has 0 saturated heterocycles. The molecule has 0 spiro atoms. The molecule has 170 valence electrons. The lowest BCUT2D eigenvalue weighted by atomic mass is 10.1. The topological polar surface area (TPSA) is 61.8 Å². The number of benzene rings is 1. The standard InChI is InChI=1S/C15H10F10O5/c1-6(29-10(26)12(16,17)14(20,21)22)7-3-4-8(9(5-7)28-2)30-11(27)13(18,19)15(23,24)25/h3-6H,1-2H3. The quantitative estimate of drug-likeness (QED) is 0.353. The molecular weight excluding hydrogens is 450 g/mol. The van der Waals surface area contributed by atoms with E-state index in [9.17, 15) is 53.5 Å². The molecule has 0 bridgehead atoms. The molecule has 1 unspecified atom stereocenters. The Kier molecular flexibility index (Phi) is 6.90. The molecule has 0 fully saturated rings. The van der Waals surface area contributed by atoms with Gasteiger partial charge in [0.25, 0.3) is 0 Å². The Morgan fingerprint density at radius 1 is 0.800 bits per heavy atom. The second-order valence-electron chi connectivity index (χ2n) is 5.49. The van der Waals surface area contributed by atoms with Crippen molar-refractivity contribution in [3.05, 3.63) is 23.8 Å². The summed E-state index contributed by atoms with van der Waals surface area (Å²) >= 11 is 0. The lowest BCUT2D eigenvalue weighted by Crippen LogP contribution is -2.46. The first-order valence-electron chi connectivity index (χ1n) is 7.36. The van der Waals surface area contributed by atoms with Crippen LogP contribution in [0.25, 0.3) is 0 Å². The van der Waals surface area contributed by atoms with Crippen molar-refractivity contribution in [2.24, 2.45) is 0 Å². The van der Waals surface area contributed by atoms with Gasteiger partial charge in [0.1, 0.15) is 6.10 Å². The van der Waals surface area contributed by atoms with Gasteiger partial charge in [-0.3, -0.25) is 0 Å². The molecule has 0 radical (unpaired) electrons. The SMILES string of the molecule is COc1cc(C(C)OC(=O)C(F)(F)C(F)(F)F)ccc1OC(=O)C(F)(F)C(F)(F)F. The van der Waals surface area contributed by atoms with Crippen molar-refractivity contribution >= 4 is 11.9 Å². The number of halogens is 10. The second kappa shape index (κ2) is 8.18. The molecule has 1 aromatic rings. The molecular formula is C15H10F10O5. The predicted molar refractivity (Wildman–Crippen MR) is 75.1 cm³/mol. The van der Waals surface area contributed by atoms with Crippen LogP contribution < -0.4 is 9.47 Å². The second-order valence-corrected chi connectivity index (χ2v) is 5.49. The van der Waals surface area contributed by atoms with Crippen molar-refractivity contribution in [2.75, 3.05) is 7.11 Å². The van der Waals surface area contributed by atoms with Crippen LogP contribution in [0.5, 0.6) is 11.5 Å². The highest BCUT2D eigenvalue weighted by molar-refractivity contribution is 5.81. The van der Waals surface area contributed by atoms with Gasteiger partial charge in [0.15, 0.2) is 11.5 Å². The molecule has 0 N–H and O–H groups in total. The molecule has 15 heteroatoms. The van der Waals surface area contributed by atoms with Crippen molar-refractivity contribution in [3.8, 4) is 11.5 Å². The largest absolute Gasteiger partial charge is 0.493 e. The molecule has 0 heterocycles. The Balaban J connectivity index is 3.08. The number of hydrogen-bond acceptors (Lipinski definition) is 5. The highest BCUT2D eigenvalue weighted by Crippen LogP contribution is 2.40. The first-order chi connectivity index (χ1) is 13.4. The summed E-state index contributed by atoms with van der Waals surface area (Å²) in [7, 11) is 0.840. The number of rotatable bonds is 6. The molecule has 0 aliphatic rings. The van der Waals surface area contributed by atoms with Crippen molar-refractivity contribution in [1.29, 1.82) is 0 Å². The number of carbonyl (C=O) groups excluding carboxylic acids is 2. The number of methoxy groups -OCH3 is 1. The van der Waals surface area contributed by atoms with E-state index in [0.717, 1.165) is 20.1 Å². The molecule has 0 aliphatic heterocycles. The Bertz CT molecular complexity index is 800. The van der Waals surface area contributed by atoms with Gasteiger partial charge in [-0.25, -0.2) is 9.59 Å². The minimum Gasteiger partial charge on any atom is -0.493 e. The molecule has 0 aliphatic carbocycles. The maximum absolute atomic E-state index is 12.9. The van der Waals surface area contributed by atoms with Gasteiger partial charge < -0.3 is 14.2 Å². The lowest BCUT2D eigenvalue weighted by Gasteiger charge is -2.22. The third-order valence-electron chi connectivity index (χ3n) is 3.37. The summed E-state index contributed by atoms with van der Waals surface area (Å²) in [5.41, 5.74) is -0.347. The summed E-state index contributed by atoms with van der Waals surface area (Å²) in [6, 6.07) is 2.00. The zero-order valence-electron chi connectivity index (χ0n) is 14.6. The summed E-state index contributed by atoms with van der Waals surface area (Å²) in [5, 5.41) is 0. The van der Waals surface area contributed by atoms with E-state index >= 15 is 0 Å². The lowest BCUT2D eigenvalue weighted by molar-refractivity contribution is -0.282. The van der Waals surface area contributed by atoms with Crippen LogP contribution in [0.4, 0.5) is 43.9 Å². The van der Waals surface area contributed by atoms with Gasteiger partial charge >= 0.3 is 36.1 Å². The van der Waals surface area contributed by atoms with Crippen LogP contribution in [0, 0.1) is 0 Å². The summed E-state index contributed by atoms with van der Waals surface area (Å²) in [6.07, 6.45) is -14.3. The molecule has 1 rings (SSSR count). The van der Waals surface area contributed by atoms with Gasteiger partial charge in [-0.1, -0.05) is 6.07 Å². The van der Waals surface area contributed by atoms with Crippen molar-refractivity contribution in [3.63, 3.8) is 0 Å². The van der Waals surface area contributed by atoms with Gasteiger partial charge in [0, 0.05) is 0 Å². The van der Waals surface area contributed by atoms with Crippen LogP contribution in [0.1, 0.15) is 18.6 Å². The summed E-state index contributed by atoms with van der Waals surface area (Å²) in [6.45, 7) is 0.850. The van der Waals surface area contributed by atoms with Gasteiger partial charge in [0.2, 0.25) is 0 Å². The molecule has 0 aromatic heterocycles. The average Bonchev–Trinajstić information content (AvgIpc) is 2.59. The number of esters is 2. The zero-order valence-corrected chi connectivity index (χ0v) is 14.6. The first-order valence-corrected chi connectivity index (χ1v) is 7.36. The molecule has 1 atom stereocenters. The van der Waals surface area contributed by atoms with E-state index in [4.69, 9.17) is 0 Å². The predicted octanol–water partition coefficient (Wildman–Crippen LogP) is 4.60. The van der Waals surface area contributed by atoms with E-state index in [1.54, 1.807) is 0 Å². The third-order valence-corrected chi connectivity index (χ3v) is 3.37. The minimum absolute atomic E-state index is 0.347. The summed E-state index contributed by atoms with van der Waals surface area (Å²) < 4.78 is 137. The summed E-state index contributed by atoms with van der Waals surface area (Å²) in [5.74, 6) is -19.3. The van der Waals surface area contributed by atoms with Gasteiger partial charge in [-0.2, -0.15) is 43.9 Å². The van der Waals surface area contributed by atoms with Crippen LogP contribution in [0.3, 0.4) is 0 Å². The van der Waals surface area contributed by atoms with Gasteiger partial charge in [0.05, 0.1) is 7.11 Å². The molecule has 0 amide bonds. The Morgan fingerprint density at radius 3 is 1.70 bits per heavy atom. The average molecular weight is 460 g/mol. The van der Waals surface area contributed by atoms with E-state index in [-0.39, 0.29) is 5.56 Å². The maximum atomic E-state index is 12.9. The zero-order chi connectivity index (χ0) is 23.7. The Morgan fingerprint density at radius 2 is 1.27 bits per heavy atom. The normalized spacial score (nSPS) is 14.1. The third kappa shape index (κ3) is 5.05. The Hall–Kier alpha value is -2.74. The van der Waals surface area contributed by atoms with Gasteiger partial charge in [-0.15, -0.1) is 0 Å². The highest BCUT2D eigenvalue weighted by Gasteiger charge is 2.66. The van der Waals surface area contributed by atoms with E-state index in [0.29, 0.717) is 12.1 Å². The van der Waals surface area contributed by atoms with E-state index in [2.05, 4.69) is 14.2 Å². The number of ether oxygens (including phenoxy) is 3. The molecule has 5 nitrogen and oxygen atoms in total. The number of alkyl halides is 10. The van der Waals surface area contributed by atoms with Crippen LogP contribution >= 0.6 is 0 Å². The monoisotopic (exact) mass is 460 g/mol. The summed E-state index contributed by atoms with van der Waals surface area (Å²) in [4.78, 5) is 22.2. The van der Waals surface area contributed by atoms with E-state index < -0.39 is 53.7 Å². The highest BCUT2D eigenvalue weighted by atomic mass is 19.4. The fraction of sp³-hybridized carbons (Fsp3) is 0.467. The first kappa shape index (κ1) is 25.3. The molecule has 0 saturated carbocycles. The smallest absolute Gasteiger partial charge is 0.465 e. The molecule has 30 heavy (non-hydrogen) atoms. The van der Waals surface area contributed by atoms with Crippen LogP contribution in [0.15, 0.2) is 18.2 Å². The fourth-order valence-electron chi connectivity index (χ4n) is 1.72.